The minimum absolute atomic E-state index is 0.00694. The van der Waals surface area contributed by atoms with E-state index >= 15 is 0 Å². The first-order valence-corrected chi connectivity index (χ1v) is 9.99. The highest BCUT2D eigenvalue weighted by atomic mass is 19.4. The number of carbonyl (C=O) groups is 1. The maximum Gasteiger partial charge on any atom is 0.430 e. The van der Waals surface area contributed by atoms with Crippen LogP contribution in [0.25, 0.3) is 5.70 Å². The van der Waals surface area contributed by atoms with Crippen LogP contribution in [0, 0.1) is 0 Å². The fourth-order valence-corrected chi connectivity index (χ4v) is 3.65. The van der Waals surface area contributed by atoms with Crippen molar-refractivity contribution in [2.24, 2.45) is 0 Å². The summed E-state index contributed by atoms with van der Waals surface area (Å²) in [5.41, 5.74) is 3.36. The first kappa shape index (κ1) is 22.0. The number of anilines is 1. The number of methoxy groups -OCH3 is 1. The molecule has 0 bridgehead atoms. The lowest BCUT2D eigenvalue weighted by Crippen LogP contribution is -2.45. The SMILES string of the molecule is COc1cccc(C2=CC3(CCN(OC(=O)Nc4cccc(C(F)(F)F)c4)CC3)ON2)c1. The normalized spacial score (nSPS) is 18.1. The third kappa shape index (κ3) is 4.97. The second-order valence-corrected chi connectivity index (χ2v) is 7.57. The number of hydrogen-bond donors (Lipinski definition) is 2. The zero-order chi connectivity index (χ0) is 22.8. The molecule has 0 aliphatic carbocycles. The second kappa shape index (κ2) is 8.71. The van der Waals surface area contributed by atoms with Gasteiger partial charge in [-0.2, -0.15) is 13.2 Å². The molecule has 2 N–H and O–H groups in total. The first-order valence-electron chi connectivity index (χ1n) is 9.99. The molecule has 0 radical (unpaired) electrons. The van der Waals surface area contributed by atoms with Gasteiger partial charge in [-0.05, 0) is 49.2 Å². The fourth-order valence-electron chi connectivity index (χ4n) is 3.65. The van der Waals surface area contributed by atoms with Crippen molar-refractivity contribution in [3.8, 4) is 5.75 Å². The van der Waals surface area contributed by atoms with Gasteiger partial charge in [-0.25, -0.2) is 4.79 Å². The Hall–Kier alpha value is -3.24. The number of hydroxylamine groups is 3. The summed E-state index contributed by atoms with van der Waals surface area (Å²) < 4.78 is 43.7. The average molecular weight is 449 g/mol. The van der Waals surface area contributed by atoms with Crippen molar-refractivity contribution < 1.29 is 32.4 Å². The van der Waals surface area contributed by atoms with E-state index in [-0.39, 0.29) is 5.69 Å². The monoisotopic (exact) mass is 449 g/mol. The number of piperidine rings is 1. The molecule has 1 spiro atoms. The van der Waals surface area contributed by atoms with Gasteiger partial charge in [0.25, 0.3) is 0 Å². The standard InChI is InChI=1S/C22H22F3N3O4/c1-30-18-7-2-4-15(12-18)19-14-21(32-27-19)8-10-28(11-9-21)31-20(29)26-17-6-3-5-16(13-17)22(23,24)25/h2-7,12-14,27H,8-11H2,1H3,(H,26,29). The number of nitrogens with zero attached hydrogens (tertiary/aromatic N) is 1. The van der Waals surface area contributed by atoms with Crippen LogP contribution >= 0.6 is 0 Å². The molecular formula is C22H22F3N3O4. The van der Waals surface area contributed by atoms with Crippen LogP contribution in [0.4, 0.5) is 23.7 Å². The van der Waals surface area contributed by atoms with E-state index < -0.39 is 23.4 Å². The molecule has 10 heteroatoms. The molecule has 2 aliphatic rings. The summed E-state index contributed by atoms with van der Waals surface area (Å²) in [6.45, 7) is 0.805. The summed E-state index contributed by atoms with van der Waals surface area (Å²) in [4.78, 5) is 23.2. The Bertz CT molecular complexity index is 1020. The van der Waals surface area contributed by atoms with Crippen molar-refractivity contribution in [2.45, 2.75) is 24.6 Å². The summed E-state index contributed by atoms with van der Waals surface area (Å²) in [6.07, 6.45) is -2.20. The number of alkyl halides is 3. The highest BCUT2D eigenvalue weighted by molar-refractivity contribution is 5.84. The maximum absolute atomic E-state index is 12.8. The van der Waals surface area contributed by atoms with Crippen molar-refractivity contribution >= 4 is 17.5 Å². The van der Waals surface area contributed by atoms with Gasteiger partial charge in [-0.1, -0.05) is 18.2 Å². The number of rotatable bonds is 4. The van der Waals surface area contributed by atoms with Crippen LogP contribution in [0.3, 0.4) is 0 Å². The predicted octanol–water partition coefficient (Wildman–Crippen LogP) is 4.59. The topological polar surface area (TPSA) is 72.1 Å². The minimum atomic E-state index is -4.49. The number of ether oxygens (including phenoxy) is 1. The molecule has 2 aliphatic heterocycles. The first-order chi connectivity index (χ1) is 15.3. The van der Waals surface area contributed by atoms with Crippen LogP contribution in [0.1, 0.15) is 24.0 Å². The highest BCUT2D eigenvalue weighted by Crippen LogP contribution is 2.35. The van der Waals surface area contributed by atoms with E-state index in [4.69, 9.17) is 14.4 Å². The molecule has 0 unspecified atom stereocenters. The molecule has 2 aromatic carbocycles. The zero-order valence-electron chi connectivity index (χ0n) is 17.2. The molecule has 170 valence electrons. The van der Waals surface area contributed by atoms with Gasteiger partial charge in [0.15, 0.2) is 0 Å². The lowest BCUT2D eigenvalue weighted by Gasteiger charge is -2.35. The Morgan fingerprint density at radius 1 is 1.16 bits per heavy atom. The van der Waals surface area contributed by atoms with Gasteiger partial charge in [0.2, 0.25) is 0 Å². The van der Waals surface area contributed by atoms with Crippen LogP contribution in [0.2, 0.25) is 0 Å². The quantitative estimate of drug-likeness (QED) is 0.712. The molecule has 0 saturated carbocycles. The number of amides is 1. The van der Waals surface area contributed by atoms with E-state index in [0.717, 1.165) is 29.1 Å². The number of nitrogens with one attached hydrogen (secondary N) is 2. The van der Waals surface area contributed by atoms with Crippen LogP contribution in [-0.4, -0.2) is 37.0 Å². The van der Waals surface area contributed by atoms with Gasteiger partial charge in [-0.3, -0.25) is 15.6 Å². The van der Waals surface area contributed by atoms with Gasteiger partial charge >= 0.3 is 12.3 Å². The van der Waals surface area contributed by atoms with Crippen LogP contribution in [-0.2, 0) is 15.9 Å². The predicted molar refractivity (Wildman–Crippen MR) is 110 cm³/mol. The summed E-state index contributed by atoms with van der Waals surface area (Å²) >= 11 is 0. The molecule has 7 nitrogen and oxygen atoms in total. The number of benzene rings is 2. The van der Waals surface area contributed by atoms with Crippen molar-refractivity contribution in [3.63, 3.8) is 0 Å². The van der Waals surface area contributed by atoms with Gasteiger partial charge in [0, 0.05) is 24.3 Å². The molecule has 1 amide bonds. The molecule has 0 aromatic heterocycles. The third-order valence-electron chi connectivity index (χ3n) is 5.37. The van der Waals surface area contributed by atoms with Crippen LogP contribution in [0.5, 0.6) is 5.75 Å². The van der Waals surface area contributed by atoms with E-state index in [1.807, 2.05) is 30.3 Å². The maximum atomic E-state index is 12.8. The van der Waals surface area contributed by atoms with Gasteiger partial charge < -0.3 is 9.57 Å². The summed E-state index contributed by atoms with van der Waals surface area (Å²) in [7, 11) is 1.60. The van der Waals surface area contributed by atoms with Gasteiger partial charge in [0.05, 0.1) is 18.4 Å². The van der Waals surface area contributed by atoms with Crippen molar-refractivity contribution in [1.82, 2.24) is 10.5 Å². The van der Waals surface area contributed by atoms with Crippen molar-refractivity contribution in [3.05, 3.63) is 65.7 Å². The largest absolute Gasteiger partial charge is 0.497 e. The molecule has 4 rings (SSSR count). The molecule has 2 heterocycles. The third-order valence-corrected chi connectivity index (χ3v) is 5.37. The van der Waals surface area contributed by atoms with E-state index in [9.17, 15) is 18.0 Å². The van der Waals surface area contributed by atoms with Gasteiger partial charge in [-0.15, -0.1) is 5.06 Å². The number of halogens is 3. The van der Waals surface area contributed by atoms with Crippen molar-refractivity contribution in [2.75, 3.05) is 25.5 Å². The molecule has 0 atom stereocenters. The number of hydrogen-bond acceptors (Lipinski definition) is 6. The van der Waals surface area contributed by atoms with E-state index in [0.29, 0.717) is 25.9 Å². The van der Waals surface area contributed by atoms with Gasteiger partial charge in [0.1, 0.15) is 11.4 Å². The molecule has 2 aromatic rings. The summed E-state index contributed by atoms with van der Waals surface area (Å²) in [5, 5.41) is 3.80. The van der Waals surface area contributed by atoms with Crippen LogP contribution < -0.4 is 15.5 Å². The van der Waals surface area contributed by atoms with E-state index in [1.54, 1.807) is 7.11 Å². The molecule has 1 fully saturated rings. The Labute approximate surface area is 182 Å². The Kier molecular flexibility index (Phi) is 5.98. The fraction of sp³-hybridized carbons (Fsp3) is 0.318. The number of carbonyl (C=O) groups excluding carboxylic acids is 1. The molecule has 32 heavy (non-hydrogen) atoms. The summed E-state index contributed by atoms with van der Waals surface area (Å²) in [5.74, 6) is 0.737. The highest BCUT2D eigenvalue weighted by Gasteiger charge is 2.40. The summed E-state index contributed by atoms with van der Waals surface area (Å²) in [6, 6.07) is 12.0. The Morgan fingerprint density at radius 2 is 1.91 bits per heavy atom. The second-order valence-electron chi connectivity index (χ2n) is 7.57. The van der Waals surface area contributed by atoms with E-state index in [2.05, 4.69) is 10.8 Å². The zero-order valence-corrected chi connectivity index (χ0v) is 17.2. The van der Waals surface area contributed by atoms with Crippen LogP contribution in [0.15, 0.2) is 54.6 Å². The van der Waals surface area contributed by atoms with Crippen molar-refractivity contribution in [1.29, 1.82) is 0 Å². The Balaban J connectivity index is 1.32. The lowest BCUT2D eigenvalue weighted by atomic mass is 9.91. The minimum Gasteiger partial charge on any atom is -0.497 e. The average Bonchev–Trinajstić information content (AvgIpc) is 3.19. The van der Waals surface area contributed by atoms with E-state index in [1.165, 1.54) is 17.2 Å². The Morgan fingerprint density at radius 3 is 2.62 bits per heavy atom. The molecular weight excluding hydrogens is 427 g/mol. The smallest absolute Gasteiger partial charge is 0.430 e. The lowest BCUT2D eigenvalue weighted by molar-refractivity contribution is -0.153. The molecule has 1 saturated heterocycles.